The van der Waals surface area contributed by atoms with E-state index in [9.17, 15) is 9.59 Å². The first kappa shape index (κ1) is 14.5. The van der Waals surface area contributed by atoms with Crippen molar-refractivity contribution in [3.8, 4) is 0 Å². The zero-order valence-electron chi connectivity index (χ0n) is 11.9. The van der Waals surface area contributed by atoms with Crippen LogP contribution in [0, 0.1) is 5.41 Å². The highest BCUT2D eigenvalue weighted by molar-refractivity contribution is 5.84. The quantitative estimate of drug-likeness (QED) is 0.869. The molecule has 0 unspecified atom stereocenters. The number of aromatic carboxylic acids is 1. The monoisotopic (exact) mass is 280 g/mol. The van der Waals surface area contributed by atoms with Gasteiger partial charge in [0.15, 0.2) is 5.69 Å². The number of rotatable bonds is 5. The zero-order valence-corrected chi connectivity index (χ0v) is 11.9. The van der Waals surface area contributed by atoms with Crippen molar-refractivity contribution in [1.82, 2.24) is 19.9 Å². The Balaban J connectivity index is 1.97. The molecule has 0 radical (unpaired) electrons. The van der Waals surface area contributed by atoms with Crippen LogP contribution < -0.4 is 0 Å². The minimum atomic E-state index is -1.14. The van der Waals surface area contributed by atoms with Crippen LogP contribution >= 0.6 is 0 Å². The number of carbonyl (C=O) groups excluding carboxylic acids is 1. The van der Waals surface area contributed by atoms with Crippen molar-refractivity contribution in [3.05, 3.63) is 11.9 Å². The Labute approximate surface area is 117 Å². The van der Waals surface area contributed by atoms with Gasteiger partial charge < -0.3 is 10.0 Å². The van der Waals surface area contributed by atoms with Gasteiger partial charge in [-0.15, -0.1) is 5.10 Å². The van der Waals surface area contributed by atoms with Crippen molar-refractivity contribution in [2.75, 3.05) is 13.1 Å². The third-order valence-corrected chi connectivity index (χ3v) is 4.35. The Kier molecular flexibility index (Phi) is 4.06. The van der Waals surface area contributed by atoms with Gasteiger partial charge in [-0.3, -0.25) is 4.79 Å². The number of carboxylic acid groups (broad SMARTS) is 1. The number of amides is 1. The highest BCUT2D eigenvalue weighted by Gasteiger charge is 2.36. The van der Waals surface area contributed by atoms with E-state index in [2.05, 4.69) is 24.2 Å². The van der Waals surface area contributed by atoms with E-state index in [4.69, 9.17) is 5.11 Å². The minimum Gasteiger partial charge on any atom is -0.476 e. The van der Waals surface area contributed by atoms with Gasteiger partial charge in [0.05, 0.1) is 6.20 Å². The van der Waals surface area contributed by atoms with Gasteiger partial charge >= 0.3 is 5.97 Å². The number of hydrogen-bond donors (Lipinski definition) is 1. The molecule has 1 N–H and O–H groups in total. The van der Waals surface area contributed by atoms with Crippen LogP contribution in [0.25, 0.3) is 0 Å². The van der Waals surface area contributed by atoms with Gasteiger partial charge in [0.2, 0.25) is 5.91 Å². The first-order valence-corrected chi connectivity index (χ1v) is 6.91. The lowest BCUT2D eigenvalue weighted by molar-refractivity contribution is -0.131. The van der Waals surface area contributed by atoms with Gasteiger partial charge in [-0.25, -0.2) is 9.48 Å². The molecule has 0 aliphatic carbocycles. The molecule has 1 amide bonds. The topological polar surface area (TPSA) is 88.3 Å². The van der Waals surface area contributed by atoms with Crippen LogP contribution in [-0.2, 0) is 11.3 Å². The van der Waals surface area contributed by atoms with Gasteiger partial charge in [0.1, 0.15) is 6.54 Å². The molecule has 1 fully saturated rings. The summed E-state index contributed by atoms with van der Waals surface area (Å²) in [5, 5.41) is 15.9. The molecule has 0 bridgehead atoms. The van der Waals surface area contributed by atoms with E-state index in [0.29, 0.717) is 0 Å². The second-order valence-corrected chi connectivity index (χ2v) is 5.38. The summed E-state index contributed by atoms with van der Waals surface area (Å²) in [6, 6.07) is 0. The van der Waals surface area contributed by atoms with E-state index < -0.39 is 5.97 Å². The largest absolute Gasteiger partial charge is 0.476 e. The normalized spacial score (nSPS) is 17.4. The van der Waals surface area contributed by atoms with Crippen LogP contribution in [0.4, 0.5) is 0 Å². The lowest BCUT2D eigenvalue weighted by Gasteiger charge is -2.26. The average molecular weight is 280 g/mol. The van der Waals surface area contributed by atoms with Crippen molar-refractivity contribution >= 4 is 11.9 Å². The first-order valence-electron chi connectivity index (χ1n) is 6.91. The Hall–Kier alpha value is -1.92. The predicted octanol–water partition coefficient (Wildman–Crippen LogP) is 1.01. The van der Waals surface area contributed by atoms with E-state index in [1.807, 2.05) is 4.90 Å². The molecule has 0 saturated carbocycles. The summed E-state index contributed by atoms with van der Waals surface area (Å²) in [5.74, 6) is -1.17. The summed E-state index contributed by atoms with van der Waals surface area (Å²) in [6.45, 7) is 5.91. The molecular weight excluding hydrogens is 260 g/mol. The maximum atomic E-state index is 12.2. The second-order valence-electron chi connectivity index (χ2n) is 5.38. The Bertz CT molecular complexity index is 507. The summed E-state index contributed by atoms with van der Waals surface area (Å²) >= 11 is 0. The summed E-state index contributed by atoms with van der Waals surface area (Å²) in [4.78, 5) is 24.8. The fraction of sp³-hybridized carbons (Fsp3) is 0.692. The molecule has 1 aliphatic rings. The standard InChI is InChI=1S/C13H20N4O3/c1-3-13(4-2)5-6-16(9-13)11(18)8-17-7-10(12(19)20)14-15-17/h7H,3-6,8-9H2,1-2H3,(H,19,20). The SMILES string of the molecule is CCC1(CC)CCN(C(=O)Cn2cc(C(=O)O)nn2)C1. The van der Waals surface area contributed by atoms with Crippen LogP contribution in [-0.4, -0.2) is 50.0 Å². The third kappa shape index (κ3) is 2.81. The zero-order chi connectivity index (χ0) is 14.8. The fourth-order valence-corrected chi connectivity index (χ4v) is 2.69. The summed E-state index contributed by atoms with van der Waals surface area (Å²) in [7, 11) is 0. The maximum absolute atomic E-state index is 12.2. The van der Waals surface area contributed by atoms with Crippen molar-refractivity contribution in [1.29, 1.82) is 0 Å². The van der Waals surface area contributed by atoms with E-state index in [1.165, 1.54) is 10.9 Å². The molecule has 0 atom stereocenters. The number of carboxylic acids is 1. The van der Waals surface area contributed by atoms with Gasteiger partial charge in [0.25, 0.3) is 0 Å². The number of aromatic nitrogens is 3. The van der Waals surface area contributed by atoms with Crippen LogP contribution in [0.2, 0.25) is 0 Å². The lowest BCUT2D eigenvalue weighted by atomic mass is 9.82. The smallest absolute Gasteiger partial charge is 0.358 e. The van der Waals surface area contributed by atoms with Crippen molar-refractivity contribution in [3.63, 3.8) is 0 Å². The summed E-state index contributed by atoms with van der Waals surface area (Å²) in [6.07, 6.45) is 4.45. The van der Waals surface area contributed by atoms with Gasteiger partial charge in [-0.05, 0) is 24.7 Å². The average Bonchev–Trinajstić information content (AvgIpc) is 3.05. The van der Waals surface area contributed by atoms with Gasteiger partial charge in [-0.1, -0.05) is 19.1 Å². The molecular formula is C13H20N4O3. The molecule has 1 saturated heterocycles. The molecule has 1 aliphatic heterocycles. The number of nitrogens with zero attached hydrogens (tertiary/aromatic N) is 4. The van der Waals surface area contributed by atoms with Crippen LogP contribution in [0.1, 0.15) is 43.6 Å². The first-order chi connectivity index (χ1) is 9.49. The van der Waals surface area contributed by atoms with E-state index in [0.717, 1.165) is 32.4 Å². The highest BCUT2D eigenvalue weighted by Crippen LogP contribution is 2.36. The van der Waals surface area contributed by atoms with Crippen molar-refractivity contribution < 1.29 is 14.7 Å². The molecule has 2 heterocycles. The molecule has 2 rings (SSSR count). The Morgan fingerprint density at radius 3 is 2.60 bits per heavy atom. The highest BCUT2D eigenvalue weighted by atomic mass is 16.4. The van der Waals surface area contributed by atoms with Gasteiger partial charge in [0, 0.05) is 13.1 Å². The Morgan fingerprint density at radius 1 is 1.40 bits per heavy atom. The van der Waals surface area contributed by atoms with Gasteiger partial charge in [-0.2, -0.15) is 0 Å². The van der Waals surface area contributed by atoms with E-state index in [-0.39, 0.29) is 23.6 Å². The molecule has 1 aromatic heterocycles. The molecule has 0 aromatic carbocycles. The fourth-order valence-electron chi connectivity index (χ4n) is 2.69. The summed E-state index contributed by atoms with van der Waals surface area (Å²) < 4.78 is 1.28. The van der Waals surface area contributed by atoms with Crippen molar-refractivity contribution in [2.45, 2.75) is 39.7 Å². The third-order valence-electron chi connectivity index (χ3n) is 4.35. The maximum Gasteiger partial charge on any atom is 0.358 e. The molecule has 0 spiro atoms. The predicted molar refractivity (Wildman–Crippen MR) is 71.2 cm³/mol. The van der Waals surface area contributed by atoms with E-state index >= 15 is 0 Å². The lowest BCUT2D eigenvalue weighted by Crippen LogP contribution is -2.34. The summed E-state index contributed by atoms with van der Waals surface area (Å²) in [5.41, 5.74) is 0.0974. The van der Waals surface area contributed by atoms with Crippen LogP contribution in [0.3, 0.4) is 0 Å². The molecule has 20 heavy (non-hydrogen) atoms. The molecule has 1 aromatic rings. The van der Waals surface area contributed by atoms with Crippen LogP contribution in [0.15, 0.2) is 6.20 Å². The number of hydrogen-bond acceptors (Lipinski definition) is 4. The molecule has 7 heteroatoms. The van der Waals surface area contributed by atoms with E-state index in [1.54, 1.807) is 0 Å². The number of likely N-dealkylation sites (tertiary alicyclic amines) is 1. The molecule has 7 nitrogen and oxygen atoms in total. The minimum absolute atomic E-state index is 0.0318. The van der Waals surface area contributed by atoms with Crippen LogP contribution in [0.5, 0.6) is 0 Å². The number of carbonyl (C=O) groups is 2. The molecule has 110 valence electrons. The second kappa shape index (κ2) is 5.60. The van der Waals surface area contributed by atoms with Crippen molar-refractivity contribution in [2.24, 2.45) is 5.41 Å². The Morgan fingerprint density at radius 2 is 2.10 bits per heavy atom.